The first-order chi connectivity index (χ1) is 11.2. The highest BCUT2D eigenvalue weighted by Gasteiger charge is 2.24. The van der Waals surface area contributed by atoms with Crippen molar-refractivity contribution in [1.29, 1.82) is 0 Å². The number of carbonyl (C=O) groups is 1. The molecule has 0 spiro atoms. The van der Waals surface area contributed by atoms with E-state index in [2.05, 4.69) is 9.98 Å². The molecule has 0 aliphatic carbocycles. The lowest BCUT2D eigenvalue weighted by molar-refractivity contribution is -0.129. The largest absolute Gasteiger partial charge is 0.497 e. The van der Waals surface area contributed by atoms with Gasteiger partial charge in [0.15, 0.2) is 5.70 Å². The van der Waals surface area contributed by atoms with Gasteiger partial charge in [0.05, 0.1) is 19.8 Å². The summed E-state index contributed by atoms with van der Waals surface area (Å²) in [7, 11) is 3.13. The Bertz CT molecular complexity index is 775. The molecule has 0 N–H and O–H groups in total. The highest BCUT2D eigenvalue weighted by Crippen LogP contribution is 2.25. The molecule has 0 bridgehead atoms. The third-order valence-electron chi connectivity index (χ3n) is 3.21. The number of hydrogen-bond donors (Lipinski definition) is 0. The van der Waals surface area contributed by atoms with Crippen molar-refractivity contribution < 1.29 is 19.0 Å². The maximum absolute atomic E-state index is 12.0. The van der Waals surface area contributed by atoms with Crippen LogP contribution in [0.2, 0.25) is 0 Å². The zero-order chi connectivity index (χ0) is 16.2. The van der Waals surface area contributed by atoms with Crippen molar-refractivity contribution in [1.82, 2.24) is 4.98 Å². The van der Waals surface area contributed by atoms with E-state index in [0.717, 1.165) is 5.56 Å². The maximum Gasteiger partial charge on any atom is 0.363 e. The van der Waals surface area contributed by atoms with Gasteiger partial charge in [-0.15, -0.1) is 0 Å². The minimum Gasteiger partial charge on any atom is -0.497 e. The molecule has 0 saturated carbocycles. The molecular formula is C17H14N2O4. The Morgan fingerprint density at radius 3 is 2.48 bits per heavy atom. The first-order valence-electron chi connectivity index (χ1n) is 6.85. The third-order valence-corrected chi connectivity index (χ3v) is 3.21. The number of aromatic nitrogens is 1. The van der Waals surface area contributed by atoms with Gasteiger partial charge in [0.2, 0.25) is 5.90 Å². The van der Waals surface area contributed by atoms with E-state index in [1.165, 1.54) is 0 Å². The zero-order valence-electron chi connectivity index (χ0n) is 12.6. The smallest absolute Gasteiger partial charge is 0.363 e. The van der Waals surface area contributed by atoms with Gasteiger partial charge in [-0.05, 0) is 35.9 Å². The van der Waals surface area contributed by atoms with E-state index in [0.29, 0.717) is 17.1 Å². The maximum atomic E-state index is 12.0. The predicted molar refractivity (Wildman–Crippen MR) is 84.4 cm³/mol. The van der Waals surface area contributed by atoms with E-state index in [1.807, 2.05) is 0 Å². The Morgan fingerprint density at radius 2 is 1.87 bits per heavy atom. The van der Waals surface area contributed by atoms with Gasteiger partial charge in [-0.25, -0.2) is 9.79 Å². The molecule has 2 heterocycles. The van der Waals surface area contributed by atoms with Crippen molar-refractivity contribution in [3.05, 3.63) is 59.5 Å². The number of nitrogens with zero attached hydrogens (tertiary/aromatic N) is 2. The van der Waals surface area contributed by atoms with Crippen LogP contribution in [0.1, 0.15) is 11.1 Å². The first kappa shape index (κ1) is 14.8. The van der Waals surface area contributed by atoms with Crippen molar-refractivity contribution in [3.63, 3.8) is 0 Å². The number of carbonyl (C=O) groups excluding carboxylic acids is 1. The van der Waals surface area contributed by atoms with Gasteiger partial charge in [0.25, 0.3) is 0 Å². The Morgan fingerprint density at radius 1 is 1.13 bits per heavy atom. The van der Waals surface area contributed by atoms with Crippen LogP contribution >= 0.6 is 0 Å². The molecule has 3 rings (SSSR count). The lowest BCUT2D eigenvalue weighted by Gasteiger charge is -2.05. The van der Waals surface area contributed by atoms with Gasteiger partial charge in [0, 0.05) is 18.5 Å². The molecule has 0 radical (unpaired) electrons. The fourth-order valence-corrected chi connectivity index (χ4v) is 2.09. The lowest BCUT2D eigenvalue weighted by Crippen LogP contribution is -2.05. The highest BCUT2D eigenvalue weighted by molar-refractivity contribution is 6.12. The molecule has 0 unspecified atom stereocenters. The average Bonchev–Trinajstić information content (AvgIpc) is 2.96. The fraction of sp³-hybridized carbons (Fsp3) is 0.118. The van der Waals surface area contributed by atoms with Crippen molar-refractivity contribution in [3.8, 4) is 11.5 Å². The number of ether oxygens (including phenoxy) is 3. The van der Waals surface area contributed by atoms with Crippen LogP contribution in [0.4, 0.5) is 0 Å². The number of pyridine rings is 1. The van der Waals surface area contributed by atoms with Gasteiger partial charge in [0.1, 0.15) is 11.5 Å². The Labute approximate surface area is 133 Å². The Kier molecular flexibility index (Phi) is 4.05. The summed E-state index contributed by atoms with van der Waals surface area (Å²) < 4.78 is 15.6. The molecular weight excluding hydrogens is 296 g/mol. The van der Waals surface area contributed by atoms with Crippen molar-refractivity contribution in [2.24, 2.45) is 4.99 Å². The third kappa shape index (κ3) is 3.21. The molecule has 6 nitrogen and oxygen atoms in total. The molecule has 23 heavy (non-hydrogen) atoms. The fourth-order valence-electron chi connectivity index (χ4n) is 2.09. The summed E-state index contributed by atoms with van der Waals surface area (Å²) in [6.07, 6.45) is 4.85. The topological polar surface area (TPSA) is 70.0 Å². The summed E-state index contributed by atoms with van der Waals surface area (Å²) in [4.78, 5) is 20.2. The molecule has 1 aliphatic rings. The summed E-state index contributed by atoms with van der Waals surface area (Å²) in [5.41, 5.74) is 1.58. The minimum absolute atomic E-state index is 0.208. The minimum atomic E-state index is -0.509. The Balaban J connectivity index is 1.96. The summed E-state index contributed by atoms with van der Waals surface area (Å²) in [6.45, 7) is 0. The van der Waals surface area contributed by atoms with Crippen LogP contribution in [-0.2, 0) is 9.53 Å². The van der Waals surface area contributed by atoms with Crippen LogP contribution in [0.5, 0.6) is 11.5 Å². The van der Waals surface area contributed by atoms with Gasteiger partial charge in [-0.1, -0.05) is 0 Å². The number of methoxy groups -OCH3 is 2. The van der Waals surface area contributed by atoms with Crippen molar-refractivity contribution in [2.75, 3.05) is 14.2 Å². The number of benzene rings is 1. The summed E-state index contributed by atoms with van der Waals surface area (Å²) in [5.74, 6) is 0.980. The normalized spacial score (nSPS) is 15.3. The second-order valence-corrected chi connectivity index (χ2v) is 4.72. The van der Waals surface area contributed by atoms with Crippen LogP contribution in [0.25, 0.3) is 6.08 Å². The van der Waals surface area contributed by atoms with Crippen molar-refractivity contribution in [2.45, 2.75) is 0 Å². The first-order valence-corrected chi connectivity index (χ1v) is 6.85. The van der Waals surface area contributed by atoms with E-state index in [4.69, 9.17) is 14.2 Å². The molecule has 116 valence electrons. The van der Waals surface area contributed by atoms with Crippen LogP contribution < -0.4 is 9.47 Å². The standard InChI is InChI=1S/C17H14N2O4/c1-21-13-6-11(7-14(9-13)22-2)8-15-17(20)23-16(19-15)12-4-3-5-18-10-12/h3-10H,1-2H3/b15-8+. The van der Waals surface area contributed by atoms with E-state index in [-0.39, 0.29) is 11.6 Å². The predicted octanol–water partition coefficient (Wildman–Crippen LogP) is 2.44. The average molecular weight is 310 g/mol. The molecule has 0 atom stereocenters. The molecule has 6 heteroatoms. The second kappa shape index (κ2) is 6.31. The monoisotopic (exact) mass is 310 g/mol. The van der Waals surface area contributed by atoms with Gasteiger partial charge in [-0.2, -0.15) is 0 Å². The highest BCUT2D eigenvalue weighted by atomic mass is 16.6. The lowest BCUT2D eigenvalue weighted by atomic mass is 10.1. The van der Waals surface area contributed by atoms with Crippen LogP contribution in [-0.4, -0.2) is 31.1 Å². The summed E-state index contributed by atoms with van der Waals surface area (Å²) >= 11 is 0. The number of hydrogen-bond acceptors (Lipinski definition) is 6. The quantitative estimate of drug-likeness (QED) is 0.641. The van der Waals surface area contributed by atoms with E-state index >= 15 is 0 Å². The van der Waals surface area contributed by atoms with E-state index in [1.54, 1.807) is 63.0 Å². The molecule has 0 amide bonds. The van der Waals surface area contributed by atoms with Crippen LogP contribution in [0.3, 0.4) is 0 Å². The van der Waals surface area contributed by atoms with E-state index in [9.17, 15) is 4.79 Å². The van der Waals surface area contributed by atoms with Gasteiger partial charge < -0.3 is 14.2 Å². The van der Waals surface area contributed by atoms with Gasteiger partial charge in [-0.3, -0.25) is 4.98 Å². The number of rotatable bonds is 4. The van der Waals surface area contributed by atoms with Crippen molar-refractivity contribution >= 4 is 17.9 Å². The number of cyclic esters (lactones) is 1. The Hall–Kier alpha value is -3.15. The summed E-state index contributed by atoms with van der Waals surface area (Å²) in [5, 5.41) is 0. The zero-order valence-corrected chi connectivity index (χ0v) is 12.6. The van der Waals surface area contributed by atoms with Crippen LogP contribution in [0.15, 0.2) is 53.4 Å². The molecule has 2 aromatic rings. The molecule has 1 aromatic carbocycles. The molecule has 1 aliphatic heterocycles. The molecule has 0 fully saturated rings. The number of esters is 1. The van der Waals surface area contributed by atoms with Gasteiger partial charge >= 0.3 is 5.97 Å². The SMILES string of the molecule is COc1cc(/C=C2/N=C(c3cccnc3)OC2=O)cc(OC)c1. The summed E-state index contributed by atoms with van der Waals surface area (Å²) in [6, 6.07) is 8.83. The van der Waals surface area contributed by atoms with E-state index < -0.39 is 5.97 Å². The molecule has 0 saturated heterocycles. The second-order valence-electron chi connectivity index (χ2n) is 4.72. The number of aliphatic imine (C=N–C) groups is 1. The molecule has 1 aromatic heterocycles. The van der Waals surface area contributed by atoms with Crippen LogP contribution in [0, 0.1) is 0 Å².